The van der Waals surface area contributed by atoms with E-state index in [1.165, 1.54) is 15.3 Å². The number of amides is 1. The summed E-state index contributed by atoms with van der Waals surface area (Å²) < 4.78 is 2.94. The summed E-state index contributed by atoms with van der Waals surface area (Å²) in [4.78, 5) is 39.8. The lowest BCUT2D eigenvalue weighted by molar-refractivity contribution is 0.0688. The van der Waals surface area contributed by atoms with Crippen molar-refractivity contribution in [3.8, 4) is 11.4 Å². The number of aromatic carboxylic acids is 1. The van der Waals surface area contributed by atoms with E-state index in [-0.39, 0.29) is 22.9 Å². The van der Waals surface area contributed by atoms with E-state index < -0.39 is 11.4 Å². The molecular weight excluding hydrogens is 468 g/mol. The van der Waals surface area contributed by atoms with Crippen LogP contribution in [0, 0.1) is 0 Å². The molecule has 2 aromatic carbocycles. The molecule has 0 unspecified atom stereocenters. The number of carboxylic acid groups (broad SMARTS) is 1. The molecule has 1 spiro atoms. The van der Waals surface area contributed by atoms with E-state index in [2.05, 4.69) is 5.10 Å². The van der Waals surface area contributed by atoms with Gasteiger partial charge in [0.15, 0.2) is 5.69 Å². The number of rotatable bonds is 4. The first-order chi connectivity index (χ1) is 16.9. The lowest BCUT2D eigenvalue weighted by atomic mass is 9.88. The summed E-state index contributed by atoms with van der Waals surface area (Å²) in [6, 6.07) is 18.9. The molecule has 3 heterocycles. The van der Waals surface area contributed by atoms with Crippen molar-refractivity contribution in [3.63, 3.8) is 0 Å². The van der Waals surface area contributed by atoms with E-state index in [1.807, 2.05) is 0 Å². The van der Waals surface area contributed by atoms with Crippen LogP contribution >= 0.6 is 11.6 Å². The van der Waals surface area contributed by atoms with Crippen LogP contribution in [0.25, 0.3) is 11.4 Å². The fourth-order valence-corrected chi connectivity index (χ4v) is 4.95. The van der Waals surface area contributed by atoms with Crippen molar-refractivity contribution in [1.82, 2.24) is 14.3 Å². The fraction of sp³-hybridized carbons (Fsp3) is 0.154. The van der Waals surface area contributed by atoms with Crippen molar-refractivity contribution in [2.75, 3.05) is 11.4 Å². The molecule has 0 radical (unpaired) electrons. The molecule has 0 atom stereocenters. The third-order valence-electron chi connectivity index (χ3n) is 6.71. The largest absolute Gasteiger partial charge is 0.476 e. The van der Waals surface area contributed by atoms with E-state index in [4.69, 9.17) is 11.6 Å². The van der Waals surface area contributed by atoms with E-state index >= 15 is 0 Å². The number of carbonyl (C=O) groups excluding carboxylic acids is 1. The average Bonchev–Trinajstić information content (AvgIpc) is 3.50. The first-order valence-corrected chi connectivity index (χ1v) is 11.5. The van der Waals surface area contributed by atoms with Gasteiger partial charge in [0, 0.05) is 46.2 Å². The summed E-state index contributed by atoms with van der Waals surface area (Å²) in [6.45, 7) is 0.371. The Bertz CT molecular complexity index is 1550. The van der Waals surface area contributed by atoms with E-state index in [9.17, 15) is 19.5 Å². The highest BCUT2D eigenvalue weighted by atomic mass is 35.5. The number of anilines is 1. The van der Waals surface area contributed by atoms with E-state index in [0.29, 0.717) is 34.2 Å². The zero-order valence-electron chi connectivity index (χ0n) is 18.4. The van der Waals surface area contributed by atoms with Crippen molar-refractivity contribution in [3.05, 3.63) is 105 Å². The van der Waals surface area contributed by atoms with Crippen LogP contribution < -0.4 is 10.5 Å². The number of carboxylic acids is 1. The van der Waals surface area contributed by atoms with Crippen molar-refractivity contribution in [1.29, 1.82) is 0 Å². The first-order valence-electron chi connectivity index (χ1n) is 11.1. The highest BCUT2D eigenvalue weighted by molar-refractivity contribution is 6.30. The Kier molecular flexibility index (Phi) is 4.69. The van der Waals surface area contributed by atoms with Crippen molar-refractivity contribution in [2.45, 2.75) is 18.3 Å². The molecule has 1 aliphatic carbocycles. The van der Waals surface area contributed by atoms with E-state index in [0.717, 1.165) is 12.8 Å². The Morgan fingerprint density at radius 3 is 2.20 bits per heavy atom. The van der Waals surface area contributed by atoms with Gasteiger partial charge in [-0.15, -0.1) is 0 Å². The third-order valence-corrected chi connectivity index (χ3v) is 6.97. The second-order valence-corrected chi connectivity index (χ2v) is 9.30. The zero-order valence-corrected chi connectivity index (χ0v) is 19.1. The number of hydrogen-bond donors (Lipinski definition) is 1. The summed E-state index contributed by atoms with van der Waals surface area (Å²) in [6.07, 6.45) is 3.23. The molecule has 8 nitrogen and oxygen atoms in total. The van der Waals surface area contributed by atoms with Gasteiger partial charge >= 0.3 is 5.97 Å². The number of pyridine rings is 1. The standard InChI is InChI=1S/C26H19ClN4O4/c27-16-4-6-19(7-5-16)31-23-21(22(28-31)25(34)35)26(12-13-26)15-30(24(23)33)18-10-8-17(9-11-18)29-14-2-1-3-20(29)32/h1-11,14H,12-13,15H2,(H,34,35). The van der Waals surface area contributed by atoms with Gasteiger partial charge in [-0.2, -0.15) is 5.10 Å². The quantitative estimate of drug-likeness (QED) is 0.469. The molecule has 1 saturated carbocycles. The minimum absolute atomic E-state index is 0.0840. The van der Waals surface area contributed by atoms with Crippen molar-refractivity contribution < 1.29 is 14.7 Å². The summed E-state index contributed by atoms with van der Waals surface area (Å²) >= 11 is 6.03. The zero-order chi connectivity index (χ0) is 24.3. The first kappa shape index (κ1) is 21.4. The molecule has 1 fully saturated rings. The lowest BCUT2D eigenvalue weighted by Gasteiger charge is -2.33. The topological polar surface area (TPSA) is 97.4 Å². The van der Waals surface area contributed by atoms with Gasteiger partial charge in [-0.1, -0.05) is 17.7 Å². The molecule has 174 valence electrons. The summed E-state index contributed by atoms with van der Waals surface area (Å²) in [5, 5.41) is 14.8. The Morgan fingerprint density at radius 1 is 0.914 bits per heavy atom. The molecular formula is C26H19ClN4O4. The van der Waals surface area contributed by atoms with Gasteiger partial charge in [0.05, 0.1) is 5.69 Å². The molecule has 6 rings (SSSR count). The number of aromatic nitrogens is 3. The van der Waals surface area contributed by atoms with Gasteiger partial charge in [0.2, 0.25) is 0 Å². The maximum Gasteiger partial charge on any atom is 0.356 e. The van der Waals surface area contributed by atoms with Gasteiger partial charge in [-0.25, -0.2) is 9.48 Å². The van der Waals surface area contributed by atoms with Crippen LogP contribution in [0.2, 0.25) is 5.02 Å². The number of carbonyl (C=O) groups is 2. The highest BCUT2D eigenvalue weighted by Crippen LogP contribution is 2.54. The monoisotopic (exact) mass is 486 g/mol. The minimum Gasteiger partial charge on any atom is -0.476 e. The third kappa shape index (κ3) is 3.37. The number of hydrogen-bond acceptors (Lipinski definition) is 4. The van der Waals surface area contributed by atoms with Crippen LogP contribution in [0.4, 0.5) is 5.69 Å². The Morgan fingerprint density at radius 2 is 1.57 bits per heavy atom. The van der Waals surface area contributed by atoms with Crippen LogP contribution in [0.5, 0.6) is 0 Å². The van der Waals surface area contributed by atoms with Gasteiger partial charge in [0.1, 0.15) is 5.69 Å². The van der Waals surface area contributed by atoms with Crippen LogP contribution in [-0.4, -0.2) is 37.9 Å². The van der Waals surface area contributed by atoms with Crippen LogP contribution in [0.15, 0.2) is 77.7 Å². The predicted octanol–water partition coefficient (Wildman–Crippen LogP) is 4.07. The molecule has 35 heavy (non-hydrogen) atoms. The van der Waals surface area contributed by atoms with Crippen molar-refractivity contribution >= 4 is 29.2 Å². The second-order valence-electron chi connectivity index (χ2n) is 8.86. The summed E-state index contributed by atoms with van der Waals surface area (Å²) in [7, 11) is 0. The molecule has 2 aromatic heterocycles. The molecule has 0 saturated heterocycles. The van der Waals surface area contributed by atoms with Crippen LogP contribution in [0.1, 0.15) is 39.4 Å². The number of halogens is 1. The normalized spacial score (nSPS) is 15.8. The highest BCUT2D eigenvalue weighted by Gasteiger charge is 2.56. The Hall–Kier alpha value is -4.17. The number of benzene rings is 2. The van der Waals surface area contributed by atoms with Gasteiger partial charge in [-0.05, 0) is 67.4 Å². The molecule has 1 aliphatic heterocycles. The maximum atomic E-state index is 13.8. The molecule has 0 bridgehead atoms. The lowest BCUT2D eigenvalue weighted by Crippen LogP contribution is -2.44. The molecule has 2 aliphatic rings. The average molecular weight is 487 g/mol. The van der Waals surface area contributed by atoms with Crippen LogP contribution in [0.3, 0.4) is 0 Å². The molecule has 1 amide bonds. The van der Waals surface area contributed by atoms with Gasteiger partial charge in [0.25, 0.3) is 11.5 Å². The predicted molar refractivity (Wildman–Crippen MR) is 130 cm³/mol. The fourth-order valence-electron chi connectivity index (χ4n) is 4.82. The van der Waals surface area contributed by atoms with Gasteiger partial charge < -0.3 is 10.0 Å². The molecule has 9 heteroatoms. The van der Waals surface area contributed by atoms with Crippen LogP contribution in [-0.2, 0) is 5.41 Å². The number of fused-ring (bicyclic) bond motifs is 2. The molecule has 4 aromatic rings. The second kappa shape index (κ2) is 7.68. The summed E-state index contributed by atoms with van der Waals surface area (Å²) in [5.41, 5.74) is 2.00. The Balaban J connectivity index is 1.46. The Labute approximate surface area is 204 Å². The smallest absolute Gasteiger partial charge is 0.356 e. The van der Waals surface area contributed by atoms with Crippen molar-refractivity contribution in [2.24, 2.45) is 0 Å². The number of nitrogens with zero attached hydrogens (tertiary/aromatic N) is 4. The molecule has 1 N–H and O–H groups in total. The maximum absolute atomic E-state index is 13.8. The summed E-state index contributed by atoms with van der Waals surface area (Å²) in [5.74, 6) is -1.48. The van der Waals surface area contributed by atoms with Gasteiger partial charge in [-0.3, -0.25) is 14.2 Å². The van der Waals surface area contributed by atoms with E-state index in [1.54, 1.807) is 71.8 Å². The minimum atomic E-state index is -1.15. The SMILES string of the molecule is O=C(O)c1nn(-c2ccc(Cl)cc2)c2c1C1(CC1)CN(c1ccc(-n3ccccc3=O)cc1)C2=O.